The van der Waals surface area contributed by atoms with Crippen molar-refractivity contribution < 1.29 is 18.8 Å². The van der Waals surface area contributed by atoms with Crippen LogP contribution in [0.25, 0.3) is 0 Å². The number of imide groups is 1. The number of nitrogens with zero attached hydrogens (tertiary/aromatic N) is 1. The van der Waals surface area contributed by atoms with Gasteiger partial charge in [0.2, 0.25) is 5.91 Å². The Morgan fingerprint density at radius 1 is 1.22 bits per heavy atom. The number of nitrogens with two attached hydrogens (primary N) is 1. The molecule has 0 aromatic heterocycles. The van der Waals surface area contributed by atoms with Crippen molar-refractivity contribution in [3.63, 3.8) is 0 Å². The lowest BCUT2D eigenvalue weighted by atomic mass is 9.91. The highest BCUT2D eigenvalue weighted by molar-refractivity contribution is 6.07. The molecule has 0 aliphatic carbocycles. The van der Waals surface area contributed by atoms with Gasteiger partial charge in [0.1, 0.15) is 5.54 Å². The molecule has 1 aliphatic heterocycles. The second kappa shape index (κ2) is 6.76. The Bertz CT molecular complexity index is 618. The first-order chi connectivity index (χ1) is 10.9. The van der Waals surface area contributed by atoms with E-state index in [1.165, 1.54) is 12.1 Å². The van der Waals surface area contributed by atoms with Crippen LogP contribution in [0.2, 0.25) is 0 Å². The lowest BCUT2D eigenvalue weighted by molar-refractivity contribution is -0.131. The van der Waals surface area contributed by atoms with E-state index in [1.807, 2.05) is 0 Å². The van der Waals surface area contributed by atoms with Crippen molar-refractivity contribution in [3.8, 4) is 0 Å². The van der Waals surface area contributed by atoms with Gasteiger partial charge in [-0.2, -0.15) is 0 Å². The summed E-state index contributed by atoms with van der Waals surface area (Å²) in [7, 11) is 0. The minimum atomic E-state index is -1.17. The second-order valence-electron chi connectivity index (χ2n) is 5.70. The molecule has 2 rings (SSSR count). The maximum Gasteiger partial charge on any atom is 0.325 e. The Morgan fingerprint density at radius 3 is 2.43 bits per heavy atom. The number of halogens is 1. The molecule has 0 bridgehead atoms. The summed E-state index contributed by atoms with van der Waals surface area (Å²) in [6.45, 7) is 1.48. The van der Waals surface area contributed by atoms with E-state index < -0.39 is 24.2 Å². The summed E-state index contributed by atoms with van der Waals surface area (Å²) in [6.07, 6.45) is 1.62. The number of benzene rings is 1. The van der Waals surface area contributed by atoms with Crippen molar-refractivity contribution in [2.45, 2.75) is 31.7 Å². The van der Waals surface area contributed by atoms with E-state index in [-0.39, 0.29) is 12.5 Å². The summed E-state index contributed by atoms with van der Waals surface area (Å²) in [5.74, 6) is -0.910. The van der Waals surface area contributed by atoms with Crippen LogP contribution in [-0.4, -0.2) is 36.0 Å². The summed E-state index contributed by atoms with van der Waals surface area (Å²) in [6, 6.07) is 5.78. The fourth-order valence-corrected chi connectivity index (χ4v) is 2.60. The van der Waals surface area contributed by atoms with Gasteiger partial charge in [-0.15, -0.1) is 0 Å². The van der Waals surface area contributed by atoms with Crippen LogP contribution in [0, 0.1) is 0 Å². The molecular weight excluding hydrogens is 301 g/mol. The quantitative estimate of drug-likeness (QED) is 0.591. The first-order valence-corrected chi connectivity index (χ1v) is 7.50. The standard InChI is InChI=1S/C16H20FN3O3/c1-16(12-7-5-11(6-8-12)13(18)21)14(22)20(15(23)19-16)10-4-2-3-9-17/h5-8H,2-4,9-10H2,1H3,(H2,18,21)(H,19,23)/t16-/m0/s1. The molecule has 1 heterocycles. The first-order valence-electron chi connectivity index (χ1n) is 7.50. The first kappa shape index (κ1) is 16.9. The molecule has 0 spiro atoms. The average molecular weight is 321 g/mol. The molecule has 3 N–H and O–H groups in total. The van der Waals surface area contributed by atoms with Crippen LogP contribution in [0.15, 0.2) is 24.3 Å². The number of carbonyl (C=O) groups is 3. The molecule has 1 saturated heterocycles. The number of amides is 4. The van der Waals surface area contributed by atoms with Crippen LogP contribution >= 0.6 is 0 Å². The highest BCUT2D eigenvalue weighted by Crippen LogP contribution is 2.29. The number of carbonyl (C=O) groups excluding carboxylic acids is 3. The van der Waals surface area contributed by atoms with Crippen molar-refractivity contribution in [2.24, 2.45) is 5.73 Å². The molecule has 4 amide bonds. The van der Waals surface area contributed by atoms with Gasteiger partial charge in [0.25, 0.3) is 5.91 Å². The number of nitrogens with one attached hydrogen (secondary N) is 1. The van der Waals surface area contributed by atoms with Crippen LogP contribution in [0.1, 0.15) is 42.1 Å². The summed E-state index contributed by atoms with van der Waals surface area (Å²) < 4.78 is 12.1. The summed E-state index contributed by atoms with van der Waals surface area (Å²) in [5, 5.41) is 2.68. The van der Waals surface area contributed by atoms with Gasteiger partial charge in [0.05, 0.1) is 6.67 Å². The number of hydrogen-bond donors (Lipinski definition) is 2. The monoisotopic (exact) mass is 321 g/mol. The van der Waals surface area contributed by atoms with Crippen molar-refractivity contribution in [2.75, 3.05) is 13.2 Å². The zero-order valence-electron chi connectivity index (χ0n) is 13.0. The lowest BCUT2D eigenvalue weighted by Gasteiger charge is -2.22. The smallest absolute Gasteiger partial charge is 0.325 e. The minimum Gasteiger partial charge on any atom is -0.366 e. The summed E-state index contributed by atoms with van der Waals surface area (Å²) in [4.78, 5) is 36.9. The van der Waals surface area contributed by atoms with E-state index in [9.17, 15) is 18.8 Å². The predicted octanol–water partition coefficient (Wildman–Crippen LogP) is 1.69. The van der Waals surface area contributed by atoms with Gasteiger partial charge in [-0.25, -0.2) is 4.79 Å². The zero-order chi connectivity index (χ0) is 17.0. The SMILES string of the molecule is C[C@@]1(c2ccc(C(N)=O)cc2)NC(=O)N(CCCCCF)C1=O. The number of alkyl halides is 1. The topological polar surface area (TPSA) is 92.5 Å². The molecule has 7 heteroatoms. The maximum atomic E-state index is 12.6. The Kier molecular flexibility index (Phi) is 4.98. The highest BCUT2D eigenvalue weighted by Gasteiger charge is 2.48. The number of primary amides is 1. The molecule has 0 radical (unpaired) electrons. The highest BCUT2D eigenvalue weighted by atomic mass is 19.1. The van der Waals surface area contributed by atoms with E-state index >= 15 is 0 Å². The molecular formula is C16H20FN3O3. The fourth-order valence-electron chi connectivity index (χ4n) is 2.60. The van der Waals surface area contributed by atoms with Gasteiger partial charge in [0, 0.05) is 12.1 Å². The van der Waals surface area contributed by atoms with E-state index in [2.05, 4.69) is 5.32 Å². The number of urea groups is 1. The molecule has 0 saturated carbocycles. The van der Waals surface area contributed by atoms with Crippen molar-refractivity contribution in [1.82, 2.24) is 10.2 Å². The van der Waals surface area contributed by atoms with Gasteiger partial charge in [0.15, 0.2) is 0 Å². The minimum absolute atomic E-state index is 0.264. The van der Waals surface area contributed by atoms with Gasteiger partial charge >= 0.3 is 6.03 Å². The van der Waals surface area contributed by atoms with Crippen molar-refractivity contribution >= 4 is 17.8 Å². The van der Waals surface area contributed by atoms with Crippen LogP contribution in [-0.2, 0) is 10.3 Å². The maximum absolute atomic E-state index is 12.6. The molecule has 1 aromatic rings. The van der Waals surface area contributed by atoms with Gasteiger partial charge in [-0.1, -0.05) is 12.1 Å². The van der Waals surface area contributed by atoms with Crippen LogP contribution in [0.5, 0.6) is 0 Å². The Morgan fingerprint density at radius 2 is 1.87 bits per heavy atom. The predicted molar refractivity (Wildman–Crippen MR) is 82.4 cm³/mol. The number of hydrogen-bond acceptors (Lipinski definition) is 3. The van der Waals surface area contributed by atoms with Crippen LogP contribution in [0.3, 0.4) is 0 Å². The number of unbranched alkanes of at least 4 members (excludes halogenated alkanes) is 2. The van der Waals surface area contributed by atoms with Gasteiger partial charge < -0.3 is 11.1 Å². The third-order valence-electron chi connectivity index (χ3n) is 4.04. The zero-order valence-corrected chi connectivity index (χ0v) is 13.0. The lowest BCUT2D eigenvalue weighted by Crippen LogP contribution is -2.41. The van der Waals surface area contributed by atoms with E-state index in [4.69, 9.17) is 5.73 Å². The molecule has 0 unspecified atom stereocenters. The van der Waals surface area contributed by atoms with E-state index in [0.29, 0.717) is 30.4 Å². The van der Waals surface area contributed by atoms with Crippen molar-refractivity contribution in [3.05, 3.63) is 35.4 Å². The molecule has 1 atom stereocenters. The van der Waals surface area contributed by atoms with Gasteiger partial charge in [-0.3, -0.25) is 18.9 Å². The van der Waals surface area contributed by atoms with Crippen molar-refractivity contribution in [1.29, 1.82) is 0 Å². The largest absolute Gasteiger partial charge is 0.366 e. The number of rotatable bonds is 7. The fraction of sp³-hybridized carbons (Fsp3) is 0.438. The Hall–Kier alpha value is -2.44. The third kappa shape index (κ3) is 3.33. The van der Waals surface area contributed by atoms with E-state index in [1.54, 1.807) is 19.1 Å². The molecule has 6 nitrogen and oxygen atoms in total. The van der Waals surface area contributed by atoms with Crippen LogP contribution < -0.4 is 11.1 Å². The van der Waals surface area contributed by atoms with E-state index in [0.717, 1.165) is 4.90 Å². The molecule has 23 heavy (non-hydrogen) atoms. The summed E-state index contributed by atoms with van der Waals surface area (Å²) >= 11 is 0. The average Bonchev–Trinajstić information content (AvgIpc) is 2.75. The molecule has 1 aliphatic rings. The molecule has 1 aromatic carbocycles. The van der Waals surface area contributed by atoms with Gasteiger partial charge in [-0.05, 0) is 43.9 Å². The second-order valence-corrected chi connectivity index (χ2v) is 5.70. The third-order valence-corrected chi connectivity index (χ3v) is 4.04. The molecule has 124 valence electrons. The van der Waals surface area contributed by atoms with Crippen LogP contribution in [0.4, 0.5) is 9.18 Å². The summed E-state index contributed by atoms with van der Waals surface area (Å²) in [5.41, 5.74) is 4.92. The molecule has 1 fully saturated rings. The Balaban J connectivity index is 2.14. The Labute approximate surface area is 133 Å². The normalized spacial score (nSPS) is 20.7.